The number of methoxy groups -OCH3 is 1. The number of ketones is 1. The monoisotopic (exact) mass is 190 g/mol. The number of carbonyl (C=O) groups excluding carboxylic acids is 1. The Balaban J connectivity index is 2.46. The highest BCUT2D eigenvalue weighted by atomic mass is 16.5. The predicted octanol–water partition coefficient (Wildman–Crippen LogP) is 2.46. The Morgan fingerprint density at radius 3 is 2.93 bits per heavy atom. The average Bonchev–Trinajstić information content (AvgIpc) is 2.23. The zero-order valence-electron chi connectivity index (χ0n) is 8.54. The van der Waals surface area contributed by atoms with Crippen molar-refractivity contribution in [3.8, 4) is 5.75 Å². The first-order chi connectivity index (χ1) is 6.72. The van der Waals surface area contributed by atoms with E-state index in [0.29, 0.717) is 0 Å². The first-order valence-electron chi connectivity index (χ1n) is 4.93. The molecule has 0 saturated heterocycles. The number of hydrogen-bond donors (Lipinski definition) is 0. The van der Waals surface area contributed by atoms with Crippen LogP contribution in [0.2, 0.25) is 0 Å². The van der Waals surface area contributed by atoms with Crippen molar-refractivity contribution in [2.45, 2.75) is 19.8 Å². The molecule has 0 unspecified atom stereocenters. The molecule has 74 valence electrons. The van der Waals surface area contributed by atoms with Crippen LogP contribution in [0.1, 0.15) is 29.3 Å². The van der Waals surface area contributed by atoms with Gasteiger partial charge in [0.1, 0.15) is 5.75 Å². The van der Waals surface area contributed by atoms with Crippen molar-refractivity contribution in [1.82, 2.24) is 0 Å². The van der Waals surface area contributed by atoms with Gasteiger partial charge in [-0.25, -0.2) is 0 Å². The van der Waals surface area contributed by atoms with E-state index in [9.17, 15) is 4.79 Å². The number of fused-ring (bicyclic) bond motifs is 1. The van der Waals surface area contributed by atoms with Crippen LogP contribution in [-0.4, -0.2) is 12.9 Å². The van der Waals surface area contributed by atoms with E-state index in [0.717, 1.165) is 29.7 Å². The van der Waals surface area contributed by atoms with Gasteiger partial charge in [-0.15, -0.1) is 0 Å². The second-order valence-electron chi connectivity index (χ2n) is 3.83. The minimum Gasteiger partial charge on any atom is -0.497 e. The van der Waals surface area contributed by atoms with E-state index in [1.807, 2.05) is 25.1 Å². The molecule has 0 fully saturated rings. The van der Waals surface area contributed by atoms with Crippen LogP contribution in [0, 0.1) is 5.92 Å². The molecule has 1 aromatic rings. The summed E-state index contributed by atoms with van der Waals surface area (Å²) >= 11 is 0. The molecule has 1 atom stereocenters. The zero-order valence-corrected chi connectivity index (χ0v) is 8.54. The maximum Gasteiger partial charge on any atom is 0.166 e. The van der Waals surface area contributed by atoms with Crippen LogP contribution in [0.15, 0.2) is 18.2 Å². The lowest BCUT2D eigenvalue weighted by Crippen LogP contribution is -2.19. The van der Waals surface area contributed by atoms with Gasteiger partial charge < -0.3 is 4.74 Å². The quantitative estimate of drug-likeness (QED) is 0.680. The number of rotatable bonds is 1. The van der Waals surface area contributed by atoms with Crippen LogP contribution >= 0.6 is 0 Å². The molecule has 1 aliphatic carbocycles. The smallest absolute Gasteiger partial charge is 0.166 e. The molecule has 0 spiro atoms. The Kier molecular flexibility index (Phi) is 2.28. The maximum atomic E-state index is 11.8. The summed E-state index contributed by atoms with van der Waals surface area (Å²) in [6.07, 6.45) is 1.98. The summed E-state index contributed by atoms with van der Waals surface area (Å²) in [6, 6.07) is 5.77. The Hall–Kier alpha value is -1.31. The lowest BCUT2D eigenvalue weighted by atomic mass is 9.84. The Labute approximate surface area is 83.9 Å². The third kappa shape index (κ3) is 1.41. The lowest BCUT2D eigenvalue weighted by Gasteiger charge is -2.20. The van der Waals surface area contributed by atoms with Gasteiger partial charge >= 0.3 is 0 Å². The third-order valence-corrected chi connectivity index (χ3v) is 2.88. The standard InChI is InChI=1S/C12H14O2/c1-8-3-4-9-5-6-10(14-2)7-11(9)12(8)13/h5-8H,3-4H2,1-2H3/t8-/m1/s1. The molecule has 0 radical (unpaired) electrons. The number of hydrogen-bond acceptors (Lipinski definition) is 2. The molecule has 2 heteroatoms. The minimum absolute atomic E-state index is 0.162. The molecular weight excluding hydrogens is 176 g/mol. The largest absolute Gasteiger partial charge is 0.497 e. The molecule has 2 nitrogen and oxygen atoms in total. The Bertz CT molecular complexity index is 369. The molecule has 0 N–H and O–H groups in total. The van der Waals surface area contributed by atoms with E-state index in [4.69, 9.17) is 4.74 Å². The van der Waals surface area contributed by atoms with Crippen molar-refractivity contribution in [1.29, 1.82) is 0 Å². The van der Waals surface area contributed by atoms with Crippen LogP contribution in [-0.2, 0) is 6.42 Å². The summed E-state index contributed by atoms with van der Waals surface area (Å²) in [5, 5.41) is 0. The molecule has 0 amide bonds. The van der Waals surface area contributed by atoms with Gasteiger partial charge in [0.15, 0.2) is 5.78 Å². The third-order valence-electron chi connectivity index (χ3n) is 2.88. The number of Topliss-reactive ketones (excluding diaryl/α,β-unsaturated/α-hetero) is 1. The normalized spacial score (nSPS) is 20.4. The van der Waals surface area contributed by atoms with Gasteiger partial charge in [-0.1, -0.05) is 13.0 Å². The fourth-order valence-corrected chi connectivity index (χ4v) is 1.90. The summed E-state index contributed by atoms with van der Waals surface area (Å²) in [6.45, 7) is 1.99. The molecular formula is C12H14O2. The maximum absolute atomic E-state index is 11.8. The Morgan fingerprint density at radius 2 is 2.21 bits per heavy atom. The van der Waals surface area contributed by atoms with Crippen molar-refractivity contribution >= 4 is 5.78 Å². The molecule has 0 heterocycles. The first-order valence-corrected chi connectivity index (χ1v) is 4.93. The van der Waals surface area contributed by atoms with E-state index in [1.165, 1.54) is 0 Å². The molecule has 1 aliphatic rings. The fourth-order valence-electron chi connectivity index (χ4n) is 1.90. The van der Waals surface area contributed by atoms with Gasteiger partial charge in [-0.05, 0) is 30.5 Å². The molecule has 14 heavy (non-hydrogen) atoms. The van der Waals surface area contributed by atoms with Crippen molar-refractivity contribution < 1.29 is 9.53 Å². The number of aryl methyl sites for hydroxylation is 1. The molecule has 2 rings (SSSR count). The predicted molar refractivity (Wildman–Crippen MR) is 54.8 cm³/mol. The highest BCUT2D eigenvalue weighted by Crippen LogP contribution is 2.28. The Morgan fingerprint density at radius 1 is 1.43 bits per heavy atom. The molecule has 0 aliphatic heterocycles. The van der Waals surface area contributed by atoms with Crippen LogP contribution in [0.3, 0.4) is 0 Å². The lowest BCUT2D eigenvalue weighted by molar-refractivity contribution is 0.0913. The summed E-state index contributed by atoms with van der Waals surface area (Å²) in [7, 11) is 1.62. The molecule has 1 aromatic carbocycles. The van der Waals surface area contributed by atoms with E-state index in [1.54, 1.807) is 7.11 Å². The van der Waals surface area contributed by atoms with E-state index in [2.05, 4.69) is 0 Å². The second-order valence-corrected chi connectivity index (χ2v) is 3.83. The van der Waals surface area contributed by atoms with Gasteiger partial charge in [0.2, 0.25) is 0 Å². The highest BCUT2D eigenvalue weighted by molar-refractivity contribution is 6.00. The van der Waals surface area contributed by atoms with Gasteiger partial charge in [0.25, 0.3) is 0 Å². The topological polar surface area (TPSA) is 26.3 Å². The summed E-state index contributed by atoms with van der Waals surface area (Å²) in [5.41, 5.74) is 2.01. The van der Waals surface area contributed by atoms with Crippen LogP contribution in [0.4, 0.5) is 0 Å². The zero-order chi connectivity index (χ0) is 10.1. The minimum atomic E-state index is 0.162. The van der Waals surface area contributed by atoms with E-state index in [-0.39, 0.29) is 11.7 Å². The van der Waals surface area contributed by atoms with Gasteiger partial charge in [0, 0.05) is 11.5 Å². The van der Waals surface area contributed by atoms with Gasteiger partial charge in [-0.2, -0.15) is 0 Å². The van der Waals surface area contributed by atoms with Crippen molar-refractivity contribution in [3.63, 3.8) is 0 Å². The highest BCUT2D eigenvalue weighted by Gasteiger charge is 2.23. The number of ether oxygens (including phenoxy) is 1. The second kappa shape index (κ2) is 3.45. The van der Waals surface area contributed by atoms with Gasteiger partial charge in [-0.3, -0.25) is 4.79 Å². The van der Waals surface area contributed by atoms with Crippen LogP contribution < -0.4 is 4.74 Å². The van der Waals surface area contributed by atoms with E-state index < -0.39 is 0 Å². The van der Waals surface area contributed by atoms with Crippen LogP contribution in [0.25, 0.3) is 0 Å². The van der Waals surface area contributed by atoms with Crippen molar-refractivity contribution in [2.24, 2.45) is 5.92 Å². The van der Waals surface area contributed by atoms with E-state index >= 15 is 0 Å². The first kappa shape index (κ1) is 9.25. The van der Waals surface area contributed by atoms with Gasteiger partial charge in [0.05, 0.1) is 7.11 Å². The van der Waals surface area contributed by atoms with Crippen LogP contribution in [0.5, 0.6) is 5.75 Å². The average molecular weight is 190 g/mol. The molecule has 0 bridgehead atoms. The SMILES string of the molecule is COc1ccc2c(c1)C(=O)[C@H](C)CC2. The summed E-state index contributed by atoms with van der Waals surface area (Å²) in [4.78, 5) is 11.8. The number of benzene rings is 1. The fraction of sp³-hybridized carbons (Fsp3) is 0.417. The molecule has 0 saturated carbocycles. The van der Waals surface area contributed by atoms with Crippen molar-refractivity contribution in [2.75, 3.05) is 7.11 Å². The number of carbonyl (C=O) groups is 1. The summed E-state index contributed by atoms with van der Waals surface area (Å²) < 4.78 is 5.11. The van der Waals surface area contributed by atoms with Crippen molar-refractivity contribution in [3.05, 3.63) is 29.3 Å². The molecule has 0 aromatic heterocycles. The summed E-state index contributed by atoms with van der Waals surface area (Å²) in [5.74, 6) is 1.19.